The van der Waals surface area contributed by atoms with Crippen molar-refractivity contribution < 1.29 is 9.50 Å². The van der Waals surface area contributed by atoms with Crippen LogP contribution in [0.25, 0.3) is 0 Å². The van der Waals surface area contributed by atoms with Crippen molar-refractivity contribution in [3.8, 4) is 0 Å². The third-order valence-electron chi connectivity index (χ3n) is 2.93. The molecule has 1 aromatic heterocycles. The summed E-state index contributed by atoms with van der Waals surface area (Å²) in [7, 11) is 0. The molecule has 0 aliphatic carbocycles. The molecule has 20 heavy (non-hydrogen) atoms. The van der Waals surface area contributed by atoms with Crippen LogP contribution in [0.5, 0.6) is 0 Å². The van der Waals surface area contributed by atoms with Crippen molar-refractivity contribution in [1.29, 1.82) is 0 Å². The lowest BCUT2D eigenvalue weighted by Crippen LogP contribution is -2.14. The molecule has 0 spiro atoms. The van der Waals surface area contributed by atoms with Gasteiger partial charge < -0.3 is 5.11 Å². The SMILES string of the molecule is CC(C)Cn1ncnc1CC(O)c1ccc(F)cc1I. The highest BCUT2D eigenvalue weighted by molar-refractivity contribution is 14.1. The van der Waals surface area contributed by atoms with Crippen LogP contribution in [0.3, 0.4) is 0 Å². The molecule has 6 heteroatoms. The Balaban J connectivity index is 2.15. The average Bonchev–Trinajstić information content (AvgIpc) is 2.75. The first-order valence-corrected chi connectivity index (χ1v) is 7.55. The standard InChI is InChI=1S/C14H17FIN3O/c1-9(2)7-19-14(17-8-18-19)6-13(20)11-4-3-10(15)5-12(11)16/h3-5,8-9,13,20H,6-7H2,1-2H3. The van der Waals surface area contributed by atoms with Crippen LogP contribution in [0.4, 0.5) is 4.39 Å². The van der Waals surface area contributed by atoms with E-state index in [4.69, 9.17) is 0 Å². The van der Waals surface area contributed by atoms with Crippen LogP contribution in [0.1, 0.15) is 31.3 Å². The largest absolute Gasteiger partial charge is 0.388 e. The maximum atomic E-state index is 13.1. The van der Waals surface area contributed by atoms with Crippen molar-refractivity contribution in [2.24, 2.45) is 5.92 Å². The molecule has 1 unspecified atom stereocenters. The van der Waals surface area contributed by atoms with Crippen molar-refractivity contribution >= 4 is 22.6 Å². The van der Waals surface area contributed by atoms with Gasteiger partial charge in [0.1, 0.15) is 18.0 Å². The molecule has 1 N–H and O–H groups in total. The number of benzene rings is 1. The molecular formula is C14H17FIN3O. The van der Waals surface area contributed by atoms with Crippen molar-refractivity contribution in [1.82, 2.24) is 14.8 Å². The summed E-state index contributed by atoms with van der Waals surface area (Å²) in [6, 6.07) is 4.39. The van der Waals surface area contributed by atoms with E-state index in [0.717, 1.165) is 12.4 Å². The summed E-state index contributed by atoms with van der Waals surface area (Å²) >= 11 is 2.03. The van der Waals surface area contributed by atoms with Crippen LogP contribution < -0.4 is 0 Å². The molecule has 1 aromatic carbocycles. The molecule has 4 nitrogen and oxygen atoms in total. The first kappa shape index (κ1) is 15.4. The molecule has 0 saturated heterocycles. The third-order valence-corrected chi connectivity index (χ3v) is 3.87. The number of aromatic nitrogens is 3. The van der Waals surface area contributed by atoms with E-state index in [0.29, 0.717) is 21.5 Å². The van der Waals surface area contributed by atoms with Gasteiger partial charge in [-0.05, 0) is 46.2 Å². The van der Waals surface area contributed by atoms with Crippen LogP contribution in [-0.4, -0.2) is 19.9 Å². The highest BCUT2D eigenvalue weighted by atomic mass is 127. The molecule has 0 aliphatic rings. The molecular weight excluding hydrogens is 372 g/mol. The van der Waals surface area contributed by atoms with Crippen LogP contribution >= 0.6 is 22.6 Å². The third kappa shape index (κ3) is 3.76. The van der Waals surface area contributed by atoms with Gasteiger partial charge in [0.2, 0.25) is 0 Å². The topological polar surface area (TPSA) is 50.9 Å². The fourth-order valence-electron chi connectivity index (χ4n) is 2.00. The van der Waals surface area contributed by atoms with E-state index < -0.39 is 6.10 Å². The van der Waals surface area contributed by atoms with E-state index in [1.54, 1.807) is 6.07 Å². The number of hydrogen-bond donors (Lipinski definition) is 1. The van der Waals surface area contributed by atoms with Crippen molar-refractivity contribution in [2.75, 3.05) is 0 Å². The maximum Gasteiger partial charge on any atom is 0.138 e. The normalized spacial score (nSPS) is 12.9. The zero-order valence-electron chi connectivity index (χ0n) is 11.4. The minimum atomic E-state index is -0.711. The van der Waals surface area contributed by atoms with E-state index >= 15 is 0 Å². The second kappa shape index (κ2) is 6.62. The average molecular weight is 389 g/mol. The quantitative estimate of drug-likeness (QED) is 0.801. The Kier molecular flexibility index (Phi) is 5.09. The summed E-state index contributed by atoms with van der Waals surface area (Å²) in [6.07, 6.45) is 1.16. The molecule has 2 rings (SSSR count). The minimum Gasteiger partial charge on any atom is -0.388 e. The van der Waals surface area contributed by atoms with E-state index in [1.165, 1.54) is 18.5 Å². The second-order valence-corrected chi connectivity index (χ2v) is 6.30. The summed E-state index contributed by atoms with van der Waals surface area (Å²) in [5.41, 5.74) is 0.714. The summed E-state index contributed by atoms with van der Waals surface area (Å²) in [5, 5.41) is 14.5. The Morgan fingerprint density at radius 2 is 2.15 bits per heavy atom. The molecule has 2 aromatic rings. The van der Waals surface area contributed by atoms with Gasteiger partial charge in [-0.3, -0.25) is 0 Å². The van der Waals surface area contributed by atoms with Gasteiger partial charge in [-0.2, -0.15) is 5.10 Å². The summed E-state index contributed by atoms with van der Waals surface area (Å²) in [4.78, 5) is 4.20. The number of rotatable bonds is 5. The van der Waals surface area contributed by atoms with Gasteiger partial charge in [0, 0.05) is 16.5 Å². The summed E-state index contributed by atoms with van der Waals surface area (Å²) in [6.45, 7) is 4.97. The Hall–Kier alpha value is -1.02. The van der Waals surface area contributed by atoms with Crippen LogP contribution in [0.15, 0.2) is 24.5 Å². The lowest BCUT2D eigenvalue weighted by atomic mass is 10.1. The zero-order chi connectivity index (χ0) is 14.7. The molecule has 1 heterocycles. The molecule has 0 bridgehead atoms. The van der Waals surface area contributed by atoms with Gasteiger partial charge in [-0.1, -0.05) is 19.9 Å². The molecule has 0 saturated carbocycles. The predicted octanol–water partition coefficient (Wildman–Crippen LogP) is 2.95. The van der Waals surface area contributed by atoms with Crippen molar-refractivity contribution in [2.45, 2.75) is 32.9 Å². The maximum absolute atomic E-state index is 13.1. The van der Waals surface area contributed by atoms with Crippen molar-refractivity contribution in [3.63, 3.8) is 0 Å². The number of aliphatic hydroxyl groups excluding tert-OH is 1. The van der Waals surface area contributed by atoms with Gasteiger partial charge >= 0.3 is 0 Å². The lowest BCUT2D eigenvalue weighted by Gasteiger charge is -2.14. The molecule has 0 amide bonds. The molecule has 0 radical (unpaired) electrons. The molecule has 1 atom stereocenters. The molecule has 0 aliphatic heterocycles. The number of aliphatic hydroxyl groups is 1. The predicted molar refractivity (Wildman–Crippen MR) is 82.6 cm³/mol. The van der Waals surface area contributed by atoms with Gasteiger partial charge in [-0.15, -0.1) is 0 Å². The van der Waals surface area contributed by atoms with Crippen LogP contribution in [0.2, 0.25) is 0 Å². The van der Waals surface area contributed by atoms with E-state index in [9.17, 15) is 9.50 Å². The highest BCUT2D eigenvalue weighted by Gasteiger charge is 2.16. The fraction of sp³-hybridized carbons (Fsp3) is 0.429. The van der Waals surface area contributed by atoms with E-state index in [-0.39, 0.29) is 5.82 Å². The Morgan fingerprint density at radius 1 is 1.40 bits per heavy atom. The van der Waals surface area contributed by atoms with E-state index in [2.05, 4.69) is 23.9 Å². The van der Waals surface area contributed by atoms with Crippen LogP contribution in [0, 0.1) is 15.3 Å². The summed E-state index contributed by atoms with van der Waals surface area (Å²) < 4.78 is 15.6. The highest BCUT2D eigenvalue weighted by Crippen LogP contribution is 2.23. The van der Waals surface area contributed by atoms with Gasteiger partial charge in [0.25, 0.3) is 0 Å². The monoisotopic (exact) mass is 389 g/mol. The van der Waals surface area contributed by atoms with Gasteiger partial charge in [0.05, 0.1) is 6.10 Å². The number of halogens is 2. The van der Waals surface area contributed by atoms with Crippen LogP contribution in [-0.2, 0) is 13.0 Å². The first-order chi connectivity index (χ1) is 9.47. The zero-order valence-corrected chi connectivity index (χ0v) is 13.6. The Labute approximate surface area is 131 Å². The molecule has 108 valence electrons. The minimum absolute atomic E-state index is 0.298. The Morgan fingerprint density at radius 3 is 2.80 bits per heavy atom. The van der Waals surface area contributed by atoms with Gasteiger partial charge in [0.15, 0.2) is 0 Å². The molecule has 0 fully saturated rings. The second-order valence-electron chi connectivity index (χ2n) is 5.14. The summed E-state index contributed by atoms with van der Waals surface area (Å²) in [5.74, 6) is 0.901. The Bertz CT molecular complexity index is 586. The van der Waals surface area contributed by atoms with Crippen molar-refractivity contribution in [3.05, 3.63) is 45.3 Å². The number of nitrogens with zero attached hydrogens (tertiary/aromatic N) is 3. The van der Waals surface area contributed by atoms with E-state index in [1.807, 2.05) is 27.3 Å². The smallest absolute Gasteiger partial charge is 0.138 e. The lowest BCUT2D eigenvalue weighted by molar-refractivity contribution is 0.172. The first-order valence-electron chi connectivity index (χ1n) is 6.47. The number of hydrogen-bond acceptors (Lipinski definition) is 3. The fourth-order valence-corrected chi connectivity index (χ4v) is 2.84. The van der Waals surface area contributed by atoms with Gasteiger partial charge in [-0.25, -0.2) is 14.1 Å².